The minimum atomic E-state index is 0.226. The van der Waals surface area contributed by atoms with Gasteiger partial charge in [-0.15, -0.1) is 0 Å². The molecule has 1 fully saturated rings. The fraction of sp³-hybridized carbons (Fsp3) is 0.632. The number of hydrogen-bond acceptors (Lipinski definition) is 2. The topological polar surface area (TPSA) is 27.0 Å². The van der Waals surface area contributed by atoms with Gasteiger partial charge in [0, 0.05) is 13.0 Å². The van der Waals surface area contributed by atoms with Gasteiger partial charge in [0.15, 0.2) is 0 Å². The van der Waals surface area contributed by atoms with Gasteiger partial charge in [-0.05, 0) is 36.9 Å². The first-order valence-corrected chi connectivity index (χ1v) is 8.16. The number of nitrogens with zero attached hydrogens (tertiary/aromatic N) is 2. The maximum Gasteiger partial charge on any atom is 0.0627 e. The summed E-state index contributed by atoms with van der Waals surface area (Å²) in [5, 5.41) is 8.80. The van der Waals surface area contributed by atoms with Crippen molar-refractivity contribution in [2.45, 2.75) is 53.9 Å². The molecule has 1 aliphatic heterocycles. The van der Waals surface area contributed by atoms with Crippen molar-refractivity contribution in [3.05, 3.63) is 37.0 Å². The van der Waals surface area contributed by atoms with E-state index in [2.05, 4.69) is 31.1 Å². The van der Waals surface area contributed by atoms with Crippen LogP contribution in [0.3, 0.4) is 0 Å². The molecule has 0 saturated carbocycles. The van der Waals surface area contributed by atoms with Gasteiger partial charge in [-0.2, -0.15) is 5.26 Å². The molecule has 0 amide bonds. The summed E-state index contributed by atoms with van der Waals surface area (Å²) < 4.78 is 0. The molecule has 0 radical (unpaired) electrons. The summed E-state index contributed by atoms with van der Waals surface area (Å²) in [5.74, 6) is 0. The van der Waals surface area contributed by atoms with E-state index in [1.807, 2.05) is 39.8 Å². The number of piperidine rings is 1. The van der Waals surface area contributed by atoms with Crippen LogP contribution in [0.5, 0.6) is 0 Å². The van der Waals surface area contributed by atoms with Gasteiger partial charge in [0.2, 0.25) is 0 Å². The Bertz CT molecular complexity index is 339. The van der Waals surface area contributed by atoms with Crippen LogP contribution in [0.1, 0.15) is 53.9 Å². The smallest absolute Gasteiger partial charge is 0.0627 e. The Morgan fingerprint density at radius 2 is 1.76 bits per heavy atom. The minimum Gasteiger partial charge on any atom is -0.299 e. The van der Waals surface area contributed by atoms with Crippen LogP contribution in [-0.4, -0.2) is 24.5 Å². The molecule has 0 aromatic rings. The second-order valence-corrected chi connectivity index (χ2v) is 5.17. The molecule has 2 nitrogen and oxygen atoms in total. The third-order valence-electron chi connectivity index (χ3n) is 3.46. The highest BCUT2D eigenvalue weighted by atomic mass is 15.1. The zero-order valence-corrected chi connectivity index (χ0v) is 14.8. The Hall–Kier alpha value is -1.33. The summed E-state index contributed by atoms with van der Waals surface area (Å²) >= 11 is 0. The van der Waals surface area contributed by atoms with E-state index < -0.39 is 0 Å². The molecule has 1 saturated heterocycles. The van der Waals surface area contributed by atoms with Crippen molar-refractivity contribution in [2.24, 2.45) is 5.41 Å². The molecular weight excluding hydrogens is 256 g/mol. The van der Waals surface area contributed by atoms with Gasteiger partial charge < -0.3 is 0 Å². The molecule has 0 aliphatic carbocycles. The second-order valence-electron chi connectivity index (χ2n) is 5.17. The monoisotopic (exact) mass is 290 g/mol. The number of allylic oxidation sites excluding steroid dienone is 2. The van der Waals surface area contributed by atoms with Crippen molar-refractivity contribution < 1.29 is 0 Å². The van der Waals surface area contributed by atoms with Gasteiger partial charge in [0.1, 0.15) is 0 Å². The van der Waals surface area contributed by atoms with Crippen molar-refractivity contribution in [1.29, 1.82) is 5.26 Å². The first-order valence-electron chi connectivity index (χ1n) is 8.16. The van der Waals surface area contributed by atoms with Crippen molar-refractivity contribution >= 4 is 0 Å². The molecule has 0 unspecified atom stereocenters. The molecule has 1 aliphatic rings. The SMILES string of the molecule is C=C/C=C\C(=C)CN1CCC(C)(CC#N)CC1.CC.CC. The summed E-state index contributed by atoms with van der Waals surface area (Å²) in [6.07, 6.45) is 8.60. The van der Waals surface area contributed by atoms with E-state index in [4.69, 9.17) is 5.26 Å². The molecule has 2 heteroatoms. The summed E-state index contributed by atoms with van der Waals surface area (Å²) in [7, 11) is 0. The Morgan fingerprint density at radius 3 is 2.19 bits per heavy atom. The molecule has 0 N–H and O–H groups in total. The van der Waals surface area contributed by atoms with Crippen LogP contribution >= 0.6 is 0 Å². The van der Waals surface area contributed by atoms with Gasteiger partial charge in [0.25, 0.3) is 0 Å². The quantitative estimate of drug-likeness (QED) is 0.638. The van der Waals surface area contributed by atoms with E-state index in [0.29, 0.717) is 6.42 Å². The number of hydrogen-bond donors (Lipinski definition) is 0. The molecule has 0 atom stereocenters. The van der Waals surface area contributed by atoms with Gasteiger partial charge in [-0.1, -0.05) is 66.0 Å². The lowest BCUT2D eigenvalue weighted by atomic mass is 9.78. The van der Waals surface area contributed by atoms with Gasteiger partial charge in [0.05, 0.1) is 6.07 Å². The lowest BCUT2D eigenvalue weighted by Gasteiger charge is -2.38. The summed E-state index contributed by atoms with van der Waals surface area (Å²) in [6.45, 7) is 21.0. The first kappa shape index (κ1) is 22.0. The van der Waals surface area contributed by atoms with Crippen molar-refractivity contribution in [2.75, 3.05) is 19.6 Å². The zero-order valence-electron chi connectivity index (χ0n) is 14.8. The van der Waals surface area contributed by atoms with Crippen molar-refractivity contribution in [3.63, 3.8) is 0 Å². The van der Waals surface area contributed by atoms with E-state index in [0.717, 1.165) is 38.0 Å². The molecule has 0 aromatic heterocycles. The molecule has 1 heterocycles. The molecule has 1 rings (SSSR count). The van der Waals surface area contributed by atoms with Gasteiger partial charge in [-0.25, -0.2) is 0 Å². The Morgan fingerprint density at radius 1 is 1.24 bits per heavy atom. The standard InChI is InChI=1S/C15H22N2.2C2H6/c1-4-5-6-14(2)13-17-11-8-15(3,7-10-16)9-12-17;2*1-2/h4-6H,1-2,7-9,11-13H2,3H3;2*1-2H3/b6-5-;;. The van der Waals surface area contributed by atoms with Crippen molar-refractivity contribution in [1.82, 2.24) is 4.90 Å². The number of nitriles is 1. The highest BCUT2D eigenvalue weighted by Crippen LogP contribution is 2.33. The Kier molecular flexibility index (Phi) is 14.3. The maximum atomic E-state index is 8.80. The first-order chi connectivity index (χ1) is 10.1. The summed E-state index contributed by atoms with van der Waals surface area (Å²) in [5.41, 5.74) is 1.34. The Balaban J connectivity index is 0. The number of rotatable bonds is 5. The van der Waals surface area contributed by atoms with Crippen LogP contribution in [0, 0.1) is 16.7 Å². The van der Waals surface area contributed by atoms with Gasteiger partial charge in [-0.3, -0.25) is 4.90 Å². The lowest BCUT2D eigenvalue weighted by Crippen LogP contribution is -2.39. The molecule has 0 bridgehead atoms. The average Bonchev–Trinajstić information content (AvgIpc) is 2.52. The zero-order chi connectivity index (χ0) is 16.7. The normalized spacial score (nSPS) is 16.8. The van der Waals surface area contributed by atoms with E-state index >= 15 is 0 Å². The van der Waals surface area contributed by atoms with E-state index in [1.165, 1.54) is 0 Å². The third-order valence-corrected chi connectivity index (χ3v) is 3.46. The van der Waals surface area contributed by atoms with Crippen LogP contribution < -0.4 is 0 Å². The fourth-order valence-corrected chi connectivity index (χ4v) is 2.16. The van der Waals surface area contributed by atoms with Crippen LogP contribution in [0.4, 0.5) is 0 Å². The van der Waals surface area contributed by atoms with E-state index in [1.54, 1.807) is 6.08 Å². The van der Waals surface area contributed by atoms with Crippen LogP contribution in [0.2, 0.25) is 0 Å². The molecule has 0 spiro atoms. The molecule has 21 heavy (non-hydrogen) atoms. The second kappa shape index (κ2) is 13.6. The molecule has 0 aromatic carbocycles. The predicted octanol–water partition coefficient (Wildman–Crippen LogP) is 5.35. The van der Waals surface area contributed by atoms with Gasteiger partial charge >= 0.3 is 0 Å². The molecular formula is C19H34N2. The average molecular weight is 290 g/mol. The van der Waals surface area contributed by atoms with Crippen LogP contribution in [0.25, 0.3) is 0 Å². The Labute approximate surface area is 132 Å². The van der Waals surface area contributed by atoms with Crippen LogP contribution in [-0.2, 0) is 0 Å². The highest BCUT2D eigenvalue weighted by molar-refractivity contribution is 5.19. The van der Waals surface area contributed by atoms with Crippen molar-refractivity contribution in [3.8, 4) is 6.07 Å². The third kappa shape index (κ3) is 10.1. The minimum absolute atomic E-state index is 0.226. The molecule has 120 valence electrons. The fourth-order valence-electron chi connectivity index (χ4n) is 2.16. The number of likely N-dealkylation sites (tertiary alicyclic amines) is 1. The van der Waals surface area contributed by atoms with Crippen LogP contribution in [0.15, 0.2) is 37.0 Å². The highest BCUT2D eigenvalue weighted by Gasteiger charge is 2.29. The summed E-state index contributed by atoms with van der Waals surface area (Å²) in [6, 6.07) is 2.30. The van der Waals surface area contributed by atoms with E-state index in [9.17, 15) is 0 Å². The van der Waals surface area contributed by atoms with E-state index in [-0.39, 0.29) is 5.41 Å². The lowest BCUT2D eigenvalue weighted by molar-refractivity contribution is 0.130. The predicted molar refractivity (Wildman–Crippen MR) is 95.2 cm³/mol. The maximum absolute atomic E-state index is 8.80. The summed E-state index contributed by atoms with van der Waals surface area (Å²) in [4.78, 5) is 2.41. The largest absolute Gasteiger partial charge is 0.299 e.